The van der Waals surface area contributed by atoms with E-state index in [2.05, 4.69) is 31.1 Å². The Kier molecular flexibility index (Phi) is 4.01. The Morgan fingerprint density at radius 2 is 2.29 bits per heavy atom. The van der Waals surface area contributed by atoms with E-state index in [-0.39, 0.29) is 11.8 Å². The SMILES string of the molecule is Cn1cnnc1C1CCCN(C(=O)c2ccc(Br)nc2)C1. The highest BCUT2D eigenvalue weighted by Gasteiger charge is 2.28. The molecule has 0 radical (unpaired) electrons. The molecule has 0 aromatic carbocycles. The zero-order valence-electron chi connectivity index (χ0n) is 11.7. The van der Waals surface area contributed by atoms with Gasteiger partial charge in [0.25, 0.3) is 5.91 Å². The first-order chi connectivity index (χ1) is 10.1. The van der Waals surface area contributed by atoms with Crippen molar-refractivity contribution in [2.45, 2.75) is 18.8 Å². The Morgan fingerprint density at radius 1 is 1.43 bits per heavy atom. The summed E-state index contributed by atoms with van der Waals surface area (Å²) in [4.78, 5) is 18.5. The van der Waals surface area contributed by atoms with Gasteiger partial charge in [-0.1, -0.05) is 0 Å². The molecule has 0 spiro atoms. The Bertz CT molecular complexity index is 639. The molecule has 2 aromatic heterocycles. The Hall–Kier alpha value is -1.76. The molecule has 3 heterocycles. The lowest BCUT2D eigenvalue weighted by Gasteiger charge is -2.32. The third-order valence-corrected chi connectivity index (χ3v) is 4.26. The van der Waals surface area contributed by atoms with Gasteiger partial charge in [-0.05, 0) is 40.9 Å². The van der Waals surface area contributed by atoms with Crippen molar-refractivity contribution in [3.05, 3.63) is 40.6 Å². The molecule has 110 valence electrons. The zero-order valence-corrected chi connectivity index (χ0v) is 13.3. The van der Waals surface area contributed by atoms with Crippen molar-refractivity contribution in [1.29, 1.82) is 0 Å². The number of carbonyl (C=O) groups is 1. The Balaban J connectivity index is 1.75. The first-order valence-corrected chi connectivity index (χ1v) is 7.69. The van der Waals surface area contributed by atoms with E-state index in [1.807, 2.05) is 16.5 Å². The van der Waals surface area contributed by atoms with Gasteiger partial charge < -0.3 is 9.47 Å². The minimum atomic E-state index is 0.0295. The van der Waals surface area contributed by atoms with Crippen molar-refractivity contribution in [3.63, 3.8) is 0 Å². The maximum absolute atomic E-state index is 12.5. The van der Waals surface area contributed by atoms with Crippen LogP contribution in [-0.4, -0.2) is 43.6 Å². The molecule has 6 nitrogen and oxygen atoms in total. The minimum Gasteiger partial charge on any atom is -0.338 e. The third kappa shape index (κ3) is 2.97. The van der Waals surface area contributed by atoms with E-state index < -0.39 is 0 Å². The molecule has 0 aliphatic carbocycles. The van der Waals surface area contributed by atoms with E-state index >= 15 is 0 Å². The van der Waals surface area contributed by atoms with Crippen LogP contribution in [0.4, 0.5) is 0 Å². The Morgan fingerprint density at radius 3 is 2.95 bits per heavy atom. The molecular formula is C14H16BrN5O. The quantitative estimate of drug-likeness (QED) is 0.777. The number of piperidine rings is 1. The maximum atomic E-state index is 12.5. The average Bonchev–Trinajstić information content (AvgIpc) is 2.94. The van der Waals surface area contributed by atoms with Crippen LogP contribution in [0.2, 0.25) is 0 Å². The second-order valence-electron chi connectivity index (χ2n) is 5.26. The number of hydrogen-bond acceptors (Lipinski definition) is 4. The lowest BCUT2D eigenvalue weighted by Crippen LogP contribution is -2.39. The molecule has 1 amide bonds. The van der Waals surface area contributed by atoms with Crippen molar-refractivity contribution in [3.8, 4) is 0 Å². The molecule has 3 rings (SSSR count). The standard InChI is InChI=1S/C14H16BrN5O/c1-19-9-17-18-13(19)11-3-2-6-20(8-11)14(21)10-4-5-12(15)16-7-10/h4-5,7,9,11H,2-3,6,8H2,1H3. The summed E-state index contributed by atoms with van der Waals surface area (Å²) in [6.45, 7) is 1.46. The predicted molar refractivity (Wildman–Crippen MR) is 80.8 cm³/mol. The molecule has 7 heteroatoms. The maximum Gasteiger partial charge on any atom is 0.255 e. The van der Waals surface area contributed by atoms with E-state index in [1.165, 1.54) is 0 Å². The number of pyridine rings is 1. The number of hydrogen-bond donors (Lipinski definition) is 0. The van der Waals surface area contributed by atoms with Crippen molar-refractivity contribution in [2.24, 2.45) is 7.05 Å². The van der Waals surface area contributed by atoms with Crippen LogP contribution in [-0.2, 0) is 7.05 Å². The number of aryl methyl sites for hydroxylation is 1. The lowest BCUT2D eigenvalue weighted by atomic mass is 9.96. The monoisotopic (exact) mass is 349 g/mol. The van der Waals surface area contributed by atoms with Gasteiger partial charge in [0.2, 0.25) is 0 Å². The van der Waals surface area contributed by atoms with Gasteiger partial charge in [-0.15, -0.1) is 10.2 Å². The van der Waals surface area contributed by atoms with Crippen LogP contribution in [0, 0.1) is 0 Å². The molecule has 0 saturated carbocycles. The van der Waals surface area contributed by atoms with Crippen LogP contribution in [0.5, 0.6) is 0 Å². The van der Waals surface area contributed by atoms with Crippen LogP contribution < -0.4 is 0 Å². The normalized spacial score (nSPS) is 18.8. The molecule has 1 unspecified atom stereocenters. The lowest BCUT2D eigenvalue weighted by molar-refractivity contribution is 0.0703. The van der Waals surface area contributed by atoms with Crippen LogP contribution in [0.15, 0.2) is 29.3 Å². The van der Waals surface area contributed by atoms with Crippen molar-refractivity contribution in [2.75, 3.05) is 13.1 Å². The summed E-state index contributed by atoms with van der Waals surface area (Å²) in [6.07, 6.45) is 5.33. The van der Waals surface area contributed by atoms with Crippen molar-refractivity contribution < 1.29 is 4.79 Å². The number of aromatic nitrogens is 4. The molecule has 2 aromatic rings. The molecule has 1 aliphatic rings. The largest absolute Gasteiger partial charge is 0.338 e. The van der Waals surface area contributed by atoms with Crippen LogP contribution in [0.1, 0.15) is 34.9 Å². The summed E-state index contributed by atoms with van der Waals surface area (Å²) in [5.41, 5.74) is 0.622. The number of halogens is 1. The van der Waals surface area contributed by atoms with E-state index in [4.69, 9.17) is 0 Å². The molecule has 0 N–H and O–H groups in total. The zero-order chi connectivity index (χ0) is 14.8. The number of rotatable bonds is 2. The van der Waals surface area contributed by atoms with Crippen LogP contribution >= 0.6 is 15.9 Å². The summed E-state index contributed by atoms with van der Waals surface area (Å²) < 4.78 is 2.66. The van der Waals surface area contributed by atoms with E-state index in [9.17, 15) is 4.79 Å². The van der Waals surface area contributed by atoms with Gasteiger partial charge in [0.1, 0.15) is 16.8 Å². The second kappa shape index (κ2) is 5.93. The van der Waals surface area contributed by atoms with E-state index in [0.29, 0.717) is 12.1 Å². The molecule has 1 fully saturated rings. The first kappa shape index (κ1) is 14.2. The highest BCUT2D eigenvalue weighted by molar-refractivity contribution is 9.10. The number of nitrogens with zero attached hydrogens (tertiary/aromatic N) is 5. The number of amides is 1. The smallest absolute Gasteiger partial charge is 0.255 e. The van der Waals surface area contributed by atoms with Gasteiger partial charge >= 0.3 is 0 Å². The van der Waals surface area contributed by atoms with Gasteiger partial charge in [0.15, 0.2) is 0 Å². The Labute approximate surface area is 131 Å². The van der Waals surface area contributed by atoms with E-state index in [1.54, 1.807) is 24.7 Å². The van der Waals surface area contributed by atoms with Crippen molar-refractivity contribution >= 4 is 21.8 Å². The van der Waals surface area contributed by atoms with Gasteiger partial charge in [-0.25, -0.2) is 4.98 Å². The molecule has 21 heavy (non-hydrogen) atoms. The topological polar surface area (TPSA) is 63.9 Å². The predicted octanol–water partition coefficient (Wildman–Crippen LogP) is 1.99. The fourth-order valence-electron chi connectivity index (χ4n) is 2.72. The molecule has 1 atom stereocenters. The minimum absolute atomic E-state index is 0.0295. The highest BCUT2D eigenvalue weighted by Crippen LogP contribution is 2.26. The van der Waals surface area contributed by atoms with E-state index in [0.717, 1.165) is 29.8 Å². The van der Waals surface area contributed by atoms with Crippen LogP contribution in [0.3, 0.4) is 0 Å². The fourth-order valence-corrected chi connectivity index (χ4v) is 2.95. The summed E-state index contributed by atoms with van der Waals surface area (Å²) in [5, 5.41) is 8.10. The van der Waals surface area contributed by atoms with Gasteiger partial charge in [-0.2, -0.15) is 0 Å². The van der Waals surface area contributed by atoms with Gasteiger partial charge in [0, 0.05) is 32.3 Å². The average molecular weight is 350 g/mol. The first-order valence-electron chi connectivity index (χ1n) is 6.90. The molecule has 0 bridgehead atoms. The number of likely N-dealkylation sites (tertiary alicyclic amines) is 1. The number of carbonyl (C=O) groups excluding carboxylic acids is 1. The highest BCUT2D eigenvalue weighted by atomic mass is 79.9. The third-order valence-electron chi connectivity index (χ3n) is 3.79. The molecule has 1 saturated heterocycles. The summed E-state index contributed by atoms with van der Waals surface area (Å²) in [6, 6.07) is 3.59. The van der Waals surface area contributed by atoms with Gasteiger partial charge in [0.05, 0.1) is 5.56 Å². The summed E-state index contributed by atoms with van der Waals surface area (Å²) in [7, 11) is 1.94. The molecular weight excluding hydrogens is 334 g/mol. The van der Waals surface area contributed by atoms with Gasteiger partial charge in [-0.3, -0.25) is 4.79 Å². The van der Waals surface area contributed by atoms with Crippen molar-refractivity contribution in [1.82, 2.24) is 24.6 Å². The summed E-state index contributed by atoms with van der Waals surface area (Å²) in [5.74, 6) is 1.22. The van der Waals surface area contributed by atoms with Crippen LogP contribution in [0.25, 0.3) is 0 Å². The molecule has 1 aliphatic heterocycles. The summed E-state index contributed by atoms with van der Waals surface area (Å²) >= 11 is 3.28. The fraction of sp³-hybridized carbons (Fsp3) is 0.429. The second-order valence-corrected chi connectivity index (χ2v) is 6.07.